The van der Waals surface area contributed by atoms with Gasteiger partial charge >= 0.3 is 0 Å². The van der Waals surface area contributed by atoms with Gasteiger partial charge in [-0.05, 0) is 51.1 Å². The molecule has 1 aromatic rings. The Bertz CT molecular complexity index is 553. The van der Waals surface area contributed by atoms with Gasteiger partial charge in [-0.25, -0.2) is 0 Å². The Morgan fingerprint density at radius 2 is 1.88 bits per heavy atom. The highest BCUT2D eigenvalue weighted by Crippen LogP contribution is 2.18. The van der Waals surface area contributed by atoms with E-state index in [1.54, 1.807) is 43.3 Å². The number of benzene rings is 1. The summed E-state index contributed by atoms with van der Waals surface area (Å²) in [7, 11) is 3.38. The van der Waals surface area contributed by atoms with Gasteiger partial charge in [0, 0.05) is 11.7 Å². The standard InChI is InChI=1S/C18H27N3O3/c1-13(18(23)20-14-6-4-5-7-14)21(2)12-17(22)19-15-8-10-16(24-3)11-9-15/h8-11,13-14H,4-7,12H2,1-3H3,(H,19,22)(H,20,23)/t13-/m1/s1. The Balaban J connectivity index is 1.79. The van der Waals surface area contributed by atoms with E-state index in [1.807, 2.05) is 6.92 Å². The van der Waals surface area contributed by atoms with E-state index < -0.39 is 0 Å². The number of methoxy groups -OCH3 is 1. The van der Waals surface area contributed by atoms with Crippen LogP contribution in [0.3, 0.4) is 0 Å². The second kappa shape index (κ2) is 8.68. The minimum absolute atomic E-state index is 0.0124. The molecule has 0 heterocycles. The number of hydrogen-bond acceptors (Lipinski definition) is 4. The van der Waals surface area contributed by atoms with Crippen LogP contribution in [0.4, 0.5) is 5.69 Å². The van der Waals surface area contributed by atoms with Crippen molar-refractivity contribution >= 4 is 17.5 Å². The van der Waals surface area contributed by atoms with Crippen molar-refractivity contribution in [1.82, 2.24) is 10.2 Å². The number of carbonyl (C=O) groups is 2. The van der Waals surface area contributed by atoms with Gasteiger partial charge in [0.1, 0.15) is 5.75 Å². The van der Waals surface area contributed by atoms with Gasteiger partial charge in [-0.1, -0.05) is 12.8 Å². The van der Waals surface area contributed by atoms with Gasteiger partial charge in [-0.3, -0.25) is 14.5 Å². The normalized spacial score (nSPS) is 16.0. The molecule has 1 aromatic carbocycles. The third kappa shape index (κ3) is 5.23. The fourth-order valence-electron chi connectivity index (χ4n) is 2.83. The molecule has 0 spiro atoms. The minimum atomic E-state index is -0.341. The lowest BCUT2D eigenvalue weighted by Crippen LogP contribution is -2.48. The quantitative estimate of drug-likeness (QED) is 0.801. The third-order valence-corrected chi connectivity index (χ3v) is 4.51. The average molecular weight is 333 g/mol. The summed E-state index contributed by atoms with van der Waals surface area (Å²) >= 11 is 0. The number of hydrogen-bond donors (Lipinski definition) is 2. The first-order valence-corrected chi connectivity index (χ1v) is 8.44. The zero-order chi connectivity index (χ0) is 17.5. The molecular weight excluding hydrogens is 306 g/mol. The topological polar surface area (TPSA) is 70.7 Å². The molecule has 0 aliphatic heterocycles. The Morgan fingerprint density at radius 3 is 2.46 bits per heavy atom. The number of nitrogens with zero attached hydrogens (tertiary/aromatic N) is 1. The molecule has 0 saturated heterocycles. The first-order valence-electron chi connectivity index (χ1n) is 8.44. The fraction of sp³-hybridized carbons (Fsp3) is 0.556. The van der Waals surface area contributed by atoms with Crippen molar-refractivity contribution in [2.75, 3.05) is 26.0 Å². The van der Waals surface area contributed by atoms with Crippen LogP contribution < -0.4 is 15.4 Å². The second-order valence-corrected chi connectivity index (χ2v) is 6.36. The van der Waals surface area contributed by atoms with Crippen LogP contribution in [0.1, 0.15) is 32.6 Å². The SMILES string of the molecule is COc1ccc(NC(=O)CN(C)[C@H](C)C(=O)NC2CCCC2)cc1. The van der Waals surface area contributed by atoms with Crippen molar-refractivity contribution in [1.29, 1.82) is 0 Å². The molecular formula is C18H27N3O3. The lowest BCUT2D eigenvalue weighted by Gasteiger charge is -2.25. The van der Waals surface area contributed by atoms with Crippen LogP contribution in [0.2, 0.25) is 0 Å². The molecule has 1 atom stereocenters. The highest BCUT2D eigenvalue weighted by Gasteiger charge is 2.24. The highest BCUT2D eigenvalue weighted by molar-refractivity contribution is 5.92. The first kappa shape index (κ1) is 18.3. The van der Waals surface area contributed by atoms with Crippen molar-refractivity contribution in [2.24, 2.45) is 0 Å². The number of anilines is 1. The molecule has 0 radical (unpaired) electrons. The molecule has 2 N–H and O–H groups in total. The molecule has 1 fully saturated rings. The van der Waals surface area contributed by atoms with Gasteiger partial charge in [0.2, 0.25) is 11.8 Å². The van der Waals surface area contributed by atoms with Crippen molar-refractivity contribution in [2.45, 2.75) is 44.7 Å². The van der Waals surface area contributed by atoms with Gasteiger partial charge < -0.3 is 15.4 Å². The molecule has 6 heteroatoms. The molecule has 132 valence electrons. The summed E-state index contributed by atoms with van der Waals surface area (Å²) in [4.78, 5) is 26.1. The summed E-state index contributed by atoms with van der Waals surface area (Å²) in [6.45, 7) is 1.98. The van der Waals surface area contributed by atoms with E-state index in [4.69, 9.17) is 4.74 Å². The molecule has 6 nitrogen and oxygen atoms in total. The molecule has 0 aromatic heterocycles. The van der Waals surface area contributed by atoms with Crippen LogP contribution in [0.5, 0.6) is 5.75 Å². The molecule has 24 heavy (non-hydrogen) atoms. The summed E-state index contributed by atoms with van der Waals surface area (Å²) in [5.74, 6) is 0.576. The van der Waals surface area contributed by atoms with Gasteiger partial charge in [-0.2, -0.15) is 0 Å². The summed E-state index contributed by atoms with van der Waals surface area (Å²) in [5.41, 5.74) is 0.706. The Labute approximate surface area is 143 Å². The Kier molecular flexibility index (Phi) is 6.61. The number of amides is 2. The number of rotatable bonds is 7. The predicted molar refractivity (Wildman–Crippen MR) is 94.1 cm³/mol. The maximum atomic E-state index is 12.3. The van der Waals surface area contributed by atoms with Gasteiger partial charge in [-0.15, -0.1) is 0 Å². The van der Waals surface area contributed by atoms with Crippen LogP contribution >= 0.6 is 0 Å². The molecule has 1 aliphatic carbocycles. The van der Waals surface area contributed by atoms with Crippen LogP contribution in [0.25, 0.3) is 0 Å². The molecule has 2 amide bonds. The van der Waals surface area contributed by atoms with Crippen LogP contribution in [0, 0.1) is 0 Å². The van der Waals surface area contributed by atoms with E-state index >= 15 is 0 Å². The molecule has 2 rings (SSSR count). The van der Waals surface area contributed by atoms with E-state index in [0.29, 0.717) is 11.7 Å². The summed E-state index contributed by atoms with van der Waals surface area (Å²) in [6.07, 6.45) is 4.47. The molecule has 0 bridgehead atoms. The molecule has 1 saturated carbocycles. The summed E-state index contributed by atoms with van der Waals surface area (Å²) in [6, 6.07) is 7.10. The van der Waals surface area contributed by atoms with E-state index in [2.05, 4.69) is 10.6 Å². The lowest BCUT2D eigenvalue weighted by atomic mass is 10.2. The third-order valence-electron chi connectivity index (χ3n) is 4.51. The number of ether oxygens (including phenoxy) is 1. The minimum Gasteiger partial charge on any atom is -0.497 e. The van der Waals surface area contributed by atoms with E-state index in [-0.39, 0.29) is 24.4 Å². The molecule has 0 unspecified atom stereocenters. The summed E-state index contributed by atoms with van der Waals surface area (Å²) in [5, 5.41) is 5.89. The predicted octanol–water partition coefficient (Wildman–Crippen LogP) is 2.01. The van der Waals surface area contributed by atoms with Crippen molar-refractivity contribution in [3.05, 3.63) is 24.3 Å². The Hall–Kier alpha value is -2.08. The zero-order valence-electron chi connectivity index (χ0n) is 14.7. The van der Waals surface area contributed by atoms with Crippen molar-refractivity contribution in [3.8, 4) is 5.75 Å². The van der Waals surface area contributed by atoms with E-state index in [9.17, 15) is 9.59 Å². The number of carbonyl (C=O) groups excluding carboxylic acids is 2. The van der Waals surface area contributed by atoms with E-state index in [0.717, 1.165) is 18.6 Å². The van der Waals surface area contributed by atoms with Crippen LogP contribution in [-0.4, -0.2) is 49.5 Å². The largest absolute Gasteiger partial charge is 0.497 e. The second-order valence-electron chi connectivity index (χ2n) is 6.36. The van der Waals surface area contributed by atoms with Gasteiger partial charge in [0.25, 0.3) is 0 Å². The van der Waals surface area contributed by atoms with E-state index in [1.165, 1.54) is 12.8 Å². The summed E-state index contributed by atoms with van der Waals surface area (Å²) < 4.78 is 5.09. The number of nitrogens with one attached hydrogen (secondary N) is 2. The fourth-order valence-corrected chi connectivity index (χ4v) is 2.83. The smallest absolute Gasteiger partial charge is 0.238 e. The Morgan fingerprint density at radius 1 is 1.25 bits per heavy atom. The monoisotopic (exact) mass is 333 g/mol. The van der Waals surface area contributed by atoms with Crippen molar-refractivity contribution < 1.29 is 14.3 Å². The zero-order valence-corrected chi connectivity index (χ0v) is 14.7. The molecule has 1 aliphatic rings. The lowest BCUT2D eigenvalue weighted by molar-refractivity contribution is -0.127. The number of likely N-dealkylation sites (N-methyl/N-ethyl adjacent to an activating group) is 1. The highest BCUT2D eigenvalue weighted by atomic mass is 16.5. The first-order chi connectivity index (χ1) is 11.5. The maximum Gasteiger partial charge on any atom is 0.238 e. The van der Waals surface area contributed by atoms with Crippen LogP contribution in [0.15, 0.2) is 24.3 Å². The average Bonchev–Trinajstić information content (AvgIpc) is 3.07. The van der Waals surface area contributed by atoms with Gasteiger partial charge in [0.05, 0.1) is 19.7 Å². The van der Waals surface area contributed by atoms with Gasteiger partial charge in [0.15, 0.2) is 0 Å². The van der Waals surface area contributed by atoms with Crippen LogP contribution in [-0.2, 0) is 9.59 Å². The van der Waals surface area contributed by atoms with Crippen molar-refractivity contribution in [3.63, 3.8) is 0 Å². The maximum absolute atomic E-state index is 12.3.